The maximum Gasteiger partial charge on any atom is 0.191 e. The molecule has 0 aromatic heterocycles. The third-order valence-corrected chi connectivity index (χ3v) is 6.20. The Hall–Kier alpha value is -2.54. The van der Waals surface area contributed by atoms with Gasteiger partial charge in [-0.05, 0) is 37.6 Å². The Balaban J connectivity index is 1.55. The molecule has 2 unspecified atom stereocenters. The summed E-state index contributed by atoms with van der Waals surface area (Å²) in [4.78, 5) is 7.82. The van der Waals surface area contributed by atoms with E-state index in [2.05, 4.69) is 33.5 Å². The smallest absolute Gasteiger partial charge is 0.191 e. The van der Waals surface area contributed by atoms with Gasteiger partial charge < -0.3 is 20.3 Å². The zero-order valence-electron chi connectivity index (χ0n) is 17.1. The van der Waals surface area contributed by atoms with Gasteiger partial charge in [0.15, 0.2) is 5.96 Å². The van der Waals surface area contributed by atoms with E-state index >= 15 is 0 Å². The fourth-order valence-electron chi connectivity index (χ4n) is 3.43. The van der Waals surface area contributed by atoms with Crippen molar-refractivity contribution in [2.45, 2.75) is 24.3 Å². The Labute approximate surface area is 175 Å². The lowest BCUT2D eigenvalue weighted by Crippen LogP contribution is -2.44. The van der Waals surface area contributed by atoms with Gasteiger partial charge in [0.2, 0.25) is 0 Å². The number of hydrogen-bond acceptors (Lipinski definition) is 4. The molecule has 0 amide bonds. The molecular weight excluding hydrogens is 384 g/mol. The first kappa shape index (κ1) is 21.2. The molecule has 1 saturated heterocycles. The van der Waals surface area contributed by atoms with Gasteiger partial charge in [0.1, 0.15) is 5.75 Å². The molecule has 156 valence electrons. The number of rotatable bonds is 8. The molecule has 1 aliphatic heterocycles. The summed E-state index contributed by atoms with van der Waals surface area (Å²) in [7, 11) is 0.681. The Bertz CT molecular complexity index is 829. The molecular formula is C22H30N4O2S. The molecule has 2 aromatic rings. The molecule has 0 spiro atoms. The topological polar surface area (TPSA) is 66.0 Å². The number of methoxy groups -OCH3 is 1. The van der Waals surface area contributed by atoms with Crippen molar-refractivity contribution in [3.63, 3.8) is 0 Å². The zero-order valence-corrected chi connectivity index (χ0v) is 18.0. The second-order valence-electron chi connectivity index (χ2n) is 6.87. The quantitative estimate of drug-likeness (QED) is 0.514. The average molecular weight is 415 g/mol. The minimum absolute atomic E-state index is 0.303. The van der Waals surface area contributed by atoms with Crippen molar-refractivity contribution in [3.05, 3.63) is 54.6 Å². The first-order valence-corrected chi connectivity index (χ1v) is 11.4. The predicted molar refractivity (Wildman–Crippen MR) is 120 cm³/mol. The molecule has 1 fully saturated rings. The third kappa shape index (κ3) is 5.97. The summed E-state index contributed by atoms with van der Waals surface area (Å²) in [5, 5.41) is 6.82. The summed E-state index contributed by atoms with van der Waals surface area (Å²) in [6.07, 6.45) is 1.03. The lowest BCUT2D eigenvalue weighted by molar-refractivity contribution is 0.415. The zero-order chi connectivity index (χ0) is 20.5. The third-order valence-electron chi connectivity index (χ3n) is 4.85. The van der Waals surface area contributed by atoms with Crippen molar-refractivity contribution >= 4 is 22.4 Å². The minimum atomic E-state index is -1.03. The maximum atomic E-state index is 12.4. The van der Waals surface area contributed by atoms with E-state index in [0.717, 1.165) is 48.3 Å². The Kier molecular flexibility index (Phi) is 7.93. The van der Waals surface area contributed by atoms with Gasteiger partial charge in [0.05, 0.1) is 30.1 Å². The molecule has 1 heterocycles. The van der Waals surface area contributed by atoms with E-state index in [9.17, 15) is 4.21 Å². The van der Waals surface area contributed by atoms with Gasteiger partial charge in [-0.2, -0.15) is 0 Å². The SMILES string of the molecule is CCNC(=NCCS(=O)c1ccccc1)NC1CCN(c2ccccc2OC)C1. The van der Waals surface area contributed by atoms with Crippen molar-refractivity contribution < 1.29 is 8.95 Å². The van der Waals surface area contributed by atoms with E-state index in [1.807, 2.05) is 48.5 Å². The van der Waals surface area contributed by atoms with Gasteiger partial charge in [-0.3, -0.25) is 9.20 Å². The second-order valence-corrected chi connectivity index (χ2v) is 8.44. The van der Waals surface area contributed by atoms with Crippen LogP contribution in [0.4, 0.5) is 5.69 Å². The molecule has 6 nitrogen and oxygen atoms in total. The lowest BCUT2D eigenvalue weighted by atomic mass is 10.2. The number of nitrogens with one attached hydrogen (secondary N) is 2. The number of ether oxygens (including phenoxy) is 1. The minimum Gasteiger partial charge on any atom is -0.495 e. The maximum absolute atomic E-state index is 12.4. The molecule has 2 atom stereocenters. The summed E-state index contributed by atoms with van der Waals surface area (Å²) in [6, 6.07) is 18.0. The van der Waals surface area contributed by atoms with Crippen molar-refractivity contribution in [1.29, 1.82) is 0 Å². The van der Waals surface area contributed by atoms with Gasteiger partial charge in [-0.1, -0.05) is 30.3 Å². The number of hydrogen-bond donors (Lipinski definition) is 2. The van der Waals surface area contributed by atoms with Crippen LogP contribution in [0.25, 0.3) is 0 Å². The van der Waals surface area contributed by atoms with Crippen LogP contribution >= 0.6 is 0 Å². The number of guanidine groups is 1. The second kappa shape index (κ2) is 10.9. The molecule has 0 radical (unpaired) electrons. The van der Waals surface area contributed by atoms with E-state index in [1.54, 1.807) is 7.11 Å². The number of aliphatic imine (C=N–C) groups is 1. The van der Waals surface area contributed by atoms with E-state index in [-0.39, 0.29) is 0 Å². The van der Waals surface area contributed by atoms with Crippen molar-refractivity contribution in [3.8, 4) is 5.75 Å². The highest BCUT2D eigenvalue weighted by molar-refractivity contribution is 7.85. The Morgan fingerprint density at radius 3 is 2.72 bits per heavy atom. The van der Waals surface area contributed by atoms with Crippen LogP contribution in [0.3, 0.4) is 0 Å². The molecule has 7 heteroatoms. The van der Waals surface area contributed by atoms with Crippen LogP contribution in [0, 0.1) is 0 Å². The van der Waals surface area contributed by atoms with Crippen molar-refractivity contribution in [1.82, 2.24) is 10.6 Å². The first-order chi connectivity index (χ1) is 14.2. The van der Waals surface area contributed by atoms with Crippen LogP contribution in [-0.4, -0.2) is 55.3 Å². The summed E-state index contributed by atoms with van der Waals surface area (Å²) in [5.41, 5.74) is 1.12. The van der Waals surface area contributed by atoms with Crippen LogP contribution in [0.1, 0.15) is 13.3 Å². The highest BCUT2D eigenvalue weighted by Gasteiger charge is 2.25. The van der Waals surface area contributed by atoms with Crippen LogP contribution < -0.4 is 20.3 Å². The molecule has 0 aliphatic carbocycles. The number of benzene rings is 2. The average Bonchev–Trinajstić information content (AvgIpc) is 3.22. The number of para-hydroxylation sites is 2. The summed E-state index contributed by atoms with van der Waals surface area (Å²) >= 11 is 0. The summed E-state index contributed by atoms with van der Waals surface area (Å²) in [6.45, 7) is 5.21. The van der Waals surface area contributed by atoms with Gasteiger partial charge in [-0.25, -0.2) is 0 Å². The standard InChI is InChI=1S/C22H30N4O2S/c1-3-23-22(24-14-16-29(27)19-9-5-4-6-10-19)25-18-13-15-26(17-18)20-11-7-8-12-21(20)28-2/h4-12,18H,3,13-17H2,1-2H3,(H2,23,24,25). The fourth-order valence-corrected chi connectivity index (χ4v) is 4.39. The molecule has 29 heavy (non-hydrogen) atoms. The van der Waals surface area contributed by atoms with Crippen LogP contribution in [-0.2, 0) is 10.8 Å². The molecule has 2 N–H and O–H groups in total. The largest absolute Gasteiger partial charge is 0.495 e. The highest BCUT2D eigenvalue weighted by atomic mass is 32.2. The molecule has 3 rings (SSSR count). The van der Waals surface area contributed by atoms with E-state index in [1.165, 1.54) is 0 Å². The van der Waals surface area contributed by atoms with Gasteiger partial charge in [0.25, 0.3) is 0 Å². The van der Waals surface area contributed by atoms with E-state index in [0.29, 0.717) is 18.3 Å². The summed E-state index contributed by atoms with van der Waals surface area (Å²) in [5.74, 6) is 2.19. The van der Waals surface area contributed by atoms with Gasteiger partial charge in [0, 0.05) is 36.3 Å². The fraction of sp³-hybridized carbons (Fsp3) is 0.409. The molecule has 1 aliphatic rings. The Morgan fingerprint density at radius 2 is 1.97 bits per heavy atom. The highest BCUT2D eigenvalue weighted by Crippen LogP contribution is 2.30. The van der Waals surface area contributed by atoms with Crippen LogP contribution in [0.5, 0.6) is 5.75 Å². The van der Waals surface area contributed by atoms with Crippen LogP contribution in [0.2, 0.25) is 0 Å². The van der Waals surface area contributed by atoms with Gasteiger partial charge in [-0.15, -0.1) is 0 Å². The van der Waals surface area contributed by atoms with E-state index < -0.39 is 10.8 Å². The molecule has 0 saturated carbocycles. The van der Waals surface area contributed by atoms with Crippen LogP contribution in [0.15, 0.2) is 64.5 Å². The van der Waals surface area contributed by atoms with Crippen molar-refractivity contribution in [2.24, 2.45) is 4.99 Å². The molecule has 0 bridgehead atoms. The first-order valence-electron chi connectivity index (χ1n) is 10.1. The normalized spacial score (nSPS) is 17.8. The van der Waals surface area contributed by atoms with E-state index in [4.69, 9.17) is 4.74 Å². The number of anilines is 1. The predicted octanol–water partition coefficient (Wildman–Crippen LogP) is 2.64. The van der Waals surface area contributed by atoms with Gasteiger partial charge >= 0.3 is 0 Å². The number of nitrogens with zero attached hydrogens (tertiary/aromatic N) is 2. The Morgan fingerprint density at radius 1 is 1.21 bits per heavy atom. The monoisotopic (exact) mass is 414 g/mol. The lowest BCUT2D eigenvalue weighted by Gasteiger charge is -2.22. The summed E-state index contributed by atoms with van der Waals surface area (Å²) < 4.78 is 17.9. The molecule has 2 aromatic carbocycles. The van der Waals surface area contributed by atoms with Crippen molar-refractivity contribution in [2.75, 3.05) is 43.9 Å².